The Balaban J connectivity index is 2.73. The minimum atomic E-state index is -0.692. The number of primary amides is 1. The van der Waals surface area contributed by atoms with Crippen LogP contribution in [0.2, 0.25) is 0 Å². The number of rotatable bonds is 7. The van der Waals surface area contributed by atoms with E-state index < -0.39 is 21.8 Å². The average molecular weight is 289 g/mol. The summed E-state index contributed by atoms with van der Waals surface area (Å²) < 4.78 is 7.50. The van der Waals surface area contributed by atoms with Gasteiger partial charge in [-0.15, -0.1) is 0 Å². The van der Waals surface area contributed by atoms with Gasteiger partial charge in [-0.05, 0) is 13.0 Å². The van der Waals surface area contributed by atoms with E-state index in [2.05, 4.69) is 9.40 Å². The monoisotopic (exact) mass is 289 g/mol. The summed E-state index contributed by atoms with van der Waals surface area (Å²) in [6.07, 6.45) is 0.486. The Morgan fingerprint density at radius 1 is 1.61 bits per heavy atom. The zero-order chi connectivity index (χ0) is 13.7. The number of carbonyl (C=O) groups is 2. The van der Waals surface area contributed by atoms with Crippen LogP contribution in [0.4, 0.5) is 0 Å². The normalized spacial score (nSPS) is 19.6. The molecule has 1 aliphatic rings. The quantitative estimate of drug-likeness (QED) is 0.378. The van der Waals surface area contributed by atoms with Crippen LogP contribution in [0.25, 0.3) is 0 Å². The lowest BCUT2D eigenvalue weighted by atomic mass is 9.76. The fraction of sp³-hybridized carbons (Fsp3) is 0.556. The van der Waals surface area contributed by atoms with Crippen molar-refractivity contribution in [2.75, 3.05) is 13.1 Å². The molecule has 1 rings (SSSR count). The first-order valence-electron chi connectivity index (χ1n) is 5.70. The van der Waals surface area contributed by atoms with Gasteiger partial charge in [-0.3, -0.25) is 4.79 Å². The second kappa shape index (κ2) is 6.80. The van der Waals surface area contributed by atoms with Crippen LogP contribution in [-0.4, -0.2) is 49.9 Å². The molecule has 1 atom stereocenters. The summed E-state index contributed by atoms with van der Waals surface area (Å²) in [5, 5.41) is 0. The van der Waals surface area contributed by atoms with Gasteiger partial charge < -0.3 is 19.3 Å². The van der Waals surface area contributed by atoms with Gasteiger partial charge in [0.05, 0.1) is 0 Å². The van der Waals surface area contributed by atoms with Gasteiger partial charge in [-0.1, -0.05) is 6.92 Å². The van der Waals surface area contributed by atoms with Gasteiger partial charge in [0.2, 0.25) is 15.8 Å². The van der Waals surface area contributed by atoms with Crippen LogP contribution in [0, 0.1) is 5.92 Å². The molecule has 1 unspecified atom stereocenters. The zero-order valence-electron chi connectivity index (χ0n) is 10.6. The Morgan fingerprint density at radius 2 is 2.28 bits per heavy atom. The van der Waals surface area contributed by atoms with Crippen LogP contribution in [0.3, 0.4) is 0 Å². The summed E-state index contributed by atoms with van der Waals surface area (Å²) in [4.78, 5) is 26.8. The lowest BCUT2D eigenvalue weighted by Crippen LogP contribution is -2.42. The van der Waals surface area contributed by atoms with Crippen molar-refractivity contribution < 1.29 is 18.5 Å². The molecule has 1 amide bonds. The SMILES string of the molecule is CCN(CC1CC(C(=O)ON)=C1C(N)=O)[SiH2]O[SiH3]. The molecule has 0 saturated carbocycles. The van der Waals surface area contributed by atoms with Crippen molar-refractivity contribution in [3.05, 3.63) is 11.1 Å². The Bertz CT molecular complexity index is 375. The lowest BCUT2D eigenvalue weighted by molar-refractivity contribution is -0.140. The van der Waals surface area contributed by atoms with E-state index in [9.17, 15) is 9.59 Å². The van der Waals surface area contributed by atoms with E-state index in [0.29, 0.717) is 24.1 Å². The van der Waals surface area contributed by atoms with E-state index in [4.69, 9.17) is 15.7 Å². The van der Waals surface area contributed by atoms with E-state index >= 15 is 0 Å². The van der Waals surface area contributed by atoms with E-state index in [-0.39, 0.29) is 5.92 Å². The van der Waals surface area contributed by atoms with E-state index in [0.717, 1.165) is 17.0 Å². The molecule has 102 valence electrons. The molecule has 4 N–H and O–H groups in total. The molecule has 0 fully saturated rings. The molecule has 0 aromatic heterocycles. The average Bonchev–Trinajstić information content (AvgIpc) is 2.30. The third-order valence-electron chi connectivity index (χ3n) is 3.04. The minimum Gasteiger partial charge on any atom is -0.457 e. The largest absolute Gasteiger partial charge is 0.457 e. The lowest BCUT2D eigenvalue weighted by Gasteiger charge is -2.34. The summed E-state index contributed by atoms with van der Waals surface area (Å²) in [6, 6.07) is 0. The first kappa shape index (κ1) is 15.1. The maximum absolute atomic E-state index is 11.3. The standard InChI is InChI=1S/C9H19N3O4Si2/c1-2-12(18-16-17)4-5-3-6(9(14)15-11)7(5)8(10)13/h5H,2-4,11,18H2,1,17H3,(H2,10,13). The van der Waals surface area contributed by atoms with Crippen LogP contribution in [0.1, 0.15) is 13.3 Å². The second-order valence-corrected chi connectivity index (χ2v) is 7.61. The van der Waals surface area contributed by atoms with Crippen molar-refractivity contribution in [3.8, 4) is 0 Å². The van der Waals surface area contributed by atoms with Crippen LogP contribution in [0.5, 0.6) is 0 Å². The number of nitrogens with zero attached hydrogens (tertiary/aromatic N) is 1. The smallest absolute Gasteiger partial charge is 0.352 e. The van der Waals surface area contributed by atoms with E-state index in [1.165, 1.54) is 0 Å². The number of nitrogens with two attached hydrogens (primary N) is 2. The van der Waals surface area contributed by atoms with Gasteiger partial charge in [-0.2, -0.15) is 5.90 Å². The fourth-order valence-electron chi connectivity index (χ4n) is 2.11. The first-order chi connectivity index (χ1) is 8.54. The van der Waals surface area contributed by atoms with Gasteiger partial charge in [0.1, 0.15) is 10.5 Å². The highest BCUT2D eigenvalue weighted by Crippen LogP contribution is 2.35. The molecule has 0 aromatic rings. The molecule has 0 aliphatic heterocycles. The molecule has 0 bridgehead atoms. The van der Waals surface area contributed by atoms with E-state index in [1.54, 1.807) is 0 Å². The van der Waals surface area contributed by atoms with Gasteiger partial charge >= 0.3 is 5.97 Å². The Labute approximate surface area is 111 Å². The van der Waals surface area contributed by atoms with Crippen molar-refractivity contribution in [1.82, 2.24) is 4.57 Å². The summed E-state index contributed by atoms with van der Waals surface area (Å²) in [5.41, 5.74) is 5.94. The Hall–Kier alpha value is -1.01. The van der Waals surface area contributed by atoms with Crippen LogP contribution in [-0.2, 0) is 18.5 Å². The molecule has 18 heavy (non-hydrogen) atoms. The van der Waals surface area contributed by atoms with Gasteiger partial charge in [0.25, 0.3) is 0 Å². The van der Waals surface area contributed by atoms with E-state index in [1.807, 2.05) is 6.92 Å². The highest BCUT2D eigenvalue weighted by molar-refractivity contribution is 6.31. The minimum absolute atomic E-state index is 0.0131. The predicted molar refractivity (Wildman–Crippen MR) is 71.4 cm³/mol. The van der Waals surface area contributed by atoms with Crippen molar-refractivity contribution in [2.45, 2.75) is 13.3 Å². The molecule has 0 radical (unpaired) electrons. The summed E-state index contributed by atoms with van der Waals surface area (Å²) in [6.45, 7) is 3.60. The number of hydrogen-bond acceptors (Lipinski definition) is 6. The Kier molecular flexibility index (Phi) is 5.69. The molecule has 1 aliphatic carbocycles. The highest BCUT2D eigenvalue weighted by Gasteiger charge is 2.38. The van der Waals surface area contributed by atoms with Crippen LogP contribution in [0.15, 0.2) is 11.1 Å². The van der Waals surface area contributed by atoms with Gasteiger partial charge in [0, 0.05) is 23.6 Å². The maximum Gasteiger partial charge on any atom is 0.352 e. The zero-order valence-corrected chi connectivity index (χ0v) is 14.1. The second-order valence-electron chi connectivity index (χ2n) is 4.15. The van der Waals surface area contributed by atoms with Crippen LogP contribution >= 0.6 is 0 Å². The number of carbonyl (C=O) groups excluding carboxylic acids is 2. The molecule has 0 heterocycles. The highest BCUT2D eigenvalue weighted by atomic mass is 28.3. The van der Waals surface area contributed by atoms with Crippen molar-refractivity contribution in [2.24, 2.45) is 17.5 Å². The molecule has 0 aromatic carbocycles. The van der Waals surface area contributed by atoms with Crippen molar-refractivity contribution in [1.29, 1.82) is 0 Å². The summed E-state index contributed by atoms with van der Waals surface area (Å²) in [5.74, 6) is 3.56. The van der Waals surface area contributed by atoms with Gasteiger partial charge in [-0.25, -0.2) is 4.79 Å². The third kappa shape index (κ3) is 3.26. The molecule has 0 saturated heterocycles. The molecular formula is C9H19N3O4Si2. The molecule has 0 spiro atoms. The fourth-order valence-corrected chi connectivity index (χ4v) is 4.17. The van der Waals surface area contributed by atoms with Gasteiger partial charge in [0.15, 0.2) is 0 Å². The number of amides is 1. The molecule has 7 nitrogen and oxygen atoms in total. The topological polar surface area (TPSA) is 108 Å². The van der Waals surface area contributed by atoms with Crippen molar-refractivity contribution in [3.63, 3.8) is 0 Å². The molecular weight excluding hydrogens is 270 g/mol. The maximum atomic E-state index is 11.3. The van der Waals surface area contributed by atoms with Crippen molar-refractivity contribution >= 4 is 32.3 Å². The first-order valence-corrected chi connectivity index (χ1v) is 7.72. The number of hydrogen-bond donors (Lipinski definition) is 2. The summed E-state index contributed by atoms with van der Waals surface area (Å²) >= 11 is 0. The molecule has 9 heteroatoms. The third-order valence-corrected chi connectivity index (χ3v) is 5.14. The Morgan fingerprint density at radius 3 is 2.72 bits per heavy atom. The van der Waals surface area contributed by atoms with Crippen LogP contribution < -0.4 is 11.6 Å². The predicted octanol–water partition coefficient (Wildman–Crippen LogP) is -3.18. The summed E-state index contributed by atoms with van der Waals surface area (Å²) in [7, 11) is 0.0301.